The first kappa shape index (κ1) is 14.1. The summed E-state index contributed by atoms with van der Waals surface area (Å²) in [6, 6.07) is 12.2. The third-order valence-corrected chi connectivity index (χ3v) is 4.13. The van der Waals surface area contributed by atoms with Crippen molar-refractivity contribution in [3.63, 3.8) is 0 Å². The van der Waals surface area contributed by atoms with E-state index in [2.05, 4.69) is 15.3 Å². The molecule has 2 heterocycles. The number of benzene rings is 1. The lowest BCUT2D eigenvalue weighted by Gasteiger charge is -2.12. The Bertz CT molecular complexity index is 761. The van der Waals surface area contributed by atoms with Crippen LogP contribution in [0.3, 0.4) is 0 Å². The van der Waals surface area contributed by atoms with Crippen molar-refractivity contribution in [2.75, 3.05) is 5.32 Å². The molecule has 0 bridgehead atoms. The van der Waals surface area contributed by atoms with Gasteiger partial charge >= 0.3 is 0 Å². The zero-order valence-corrected chi connectivity index (χ0v) is 12.9. The van der Waals surface area contributed by atoms with Gasteiger partial charge in [-0.25, -0.2) is 4.98 Å². The normalized spacial score (nSPS) is 15.1. The number of hydrogen-bond acceptors (Lipinski definition) is 5. The Balaban J connectivity index is 1.41. The fourth-order valence-electron chi connectivity index (χ4n) is 2.93. The minimum absolute atomic E-state index is 0.322. The number of aromatic nitrogens is 2. The van der Waals surface area contributed by atoms with E-state index in [9.17, 15) is 0 Å². The van der Waals surface area contributed by atoms with Gasteiger partial charge in [-0.05, 0) is 49.4 Å². The van der Waals surface area contributed by atoms with Crippen molar-refractivity contribution in [3.05, 3.63) is 48.2 Å². The lowest BCUT2D eigenvalue weighted by molar-refractivity contribution is 0.201. The molecule has 4 rings (SSSR count). The highest BCUT2D eigenvalue weighted by Crippen LogP contribution is 2.23. The molecular weight excluding hydrogens is 290 g/mol. The highest BCUT2D eigenvalue weighted by Gasteiger charge is 2.17. The minimum Gasteiger partial charge on any atom is -0.474 e. The number of para-hydroxylation sites is 2. The Morgan fingerprint density at radius 1 is 1.17 bits per heavy atom. The summed E-state index contributed by atoms with van der Waals surface area (Å²) < 4.78 is 11.6. The van der Waals surface area contributed by atoms with Crippen molar-refractivity contribution < 1.29 is 9.15 Å². The fraction of sp³-hybridized carbons (Fsp3) is 0.333. The molecule has 1 saturated carbocycles. The van der Waals surface area contributed by atoms with Gasteiger partial charge in [0.05, 0.1) is 0 Å². The number of hydrogen-bond donors (Lipinski definition) is 1. The van der Waals surface area contributed by atoms with Crippen LogP contribution in [0.5, 0.6) is 5.88 Å². The number of nitrogens with one attached hydrogen (secondary N) is 1. The van der Waals surface area contributed by atoms with Gasteiger partial charge in [0.2, 0.25) is 5.88 Å². The smallest absolute Gasteiger partial charge is 0.295 e. The predicted octanol–water partition coefficient (Wildman–Crippen LogP) is 4.16. The summed E-state index contributed by atoms with van der Waals surface area (Å²) in [5.41, 5.74) is 2.74. The predicted molar refractivity (Wildman–Crippen MR) is 88.5 cm³/mol. The third-order valence-electron chi connectivity index (χ3n) is 4.13. The van der Waals surface area contributed by atoms with Gasteiger partial charge in [-0.2, -0.15) is 4.98 Å². The number of rotatable bonds is 5. The van der Waals surface area contributed by atoms with E-state index in [0.717, 1.165) is 29.5 Å². The lowest BCUT2D eigenvalue weighted by atomic mass is 10.2. The van der Waals surface area contributed by atoms with Crippen molar-refractivity contribution in [2.24, 2.45) is 0 Å². The van der Waals surface area contributed by atoms with Crippen molar-refractivity contribution in [1.82, 2.24) is 9.97 Å². The standard InChI is InChI=1S/C18H19N3O2/c1-2-6-14(5-1)22-17-11-13(9-10-19-17)12-20-18-21-15-7-3-4-8-16(15)23-18/h3-4,7-11,14H,1-2,5-6,12H2,(H,20,21). The highest BCUT2D eigenvalue weighted by molar-refractivity contribution is 5.74. The van der Waals surface area contributed by atoms with Gasteiger partial charge in [0.1, 0.15) is 11.6 Å². The zero-order chi connectivity index (χ0) is 15.5. The zero-order valence-electron chi connectivity index (χ0n) is 12.9. The molecule has 0 spiro atoms. The largest absolute Gasteiger partial charge is 0.474 e. The van der Waals surface area contributed by atoms with Gasteiger partial charge in [-0.1, -0.05) is 12.1 Å². The van der Waals surface area contributed by atoms with Gasteiger partial charge in [0, 0.05) is 18.8 Å². The molecule has 0 saturated heterocycles. The monoisotopic (exact) mass is 309 g/mol. The molecule has 5 nitrogen and oxygen atoms in total. The maximum Gasteiger partial charge on any atom is 0.295 e. The summed E-state index contributed by atoms with van der Waals surface area (Å²) in [5, 5.41) is 3.21. The average Bonchev–Trinajstić information content (AvgIpc) is 3.22. The van der Waals surface area contributed by atoms with E-state index >= 15 is 0 Å². The number of fused-ring (bicyclic) bond motifs is 1. The average molecular weight is 309 g/mol. The Morgan fingerprint density at radius 3 is 2.91 bits per heavy atom. The van der Waals surface area contributed by atoms with Crippen molar-refractivity contribution in [1.29, 1.82) is 0 Å². The second kappa shape index (κ2) is 6.28. The second-order valence-electron chi connectivity index (χ2n) is 5.87. The van der Waals surface area contributed by atoms with E-state index in [-0.39, 0.29) is 0 Å². The van der Waals surface area contributed by atoms with E-state index in [1.165, 1.54) is 12.8 Å². The molecule has 0 amide bonds. The Labute approximate surface area is 134 Å². The van der Waals surface area contributed by atoms with Crippen LogP contribution < -0.4 is 10.1 Å². The molecule has 5 heteroatoms. The van der Waals surface area contributed by atoms with E-state index < -0.39 is 0 Å². The number of nitrogens with zero attached hydrogens (tertiary/aromatic N) is 2. The maximum absolute atomic E-state index is 5.94. The molecule has 1 N–H and O–H groups in total. The second-order valence-corrected chi connectivity index (χ2v) is 5.87. The Kier molecular flexibility index (Phi) is 3.84. The summed E-state index contributed by atoms with van der Waals surface area (Å²) in [4.78, 5) is 8.71. The summed E-state index contributed by atoms with van der Waals surface area (Å²) in [6.45, 7) is 0.621. The molecular formula is C18H19N3O2. The van der Waals surface area contributed by atoms with Crippen LogP contribution in [0, 0.1) is 0 Å². The first-order valence-corrected chi connectivity index (χ1v) is 8.08. The fourth-order valence-corrected chi connectivity index (χ4v) is 2.93. The van der Waals surface area contributed by atoms with Crippen molar-refractivity contribution >= 4 is 17.1 Å². The van der Waals surface area contributed by atoms with E-state index in [1.807, 2.05) is 36.4 Å². The van der Waals surface area contributed by atoms with Crippen LogP contribution in [0.25, 0.3) is 11.1 Å². The van der Waals surface area contributed by atoms with Gasteiger partial charge in [-0.15, -0.1) is 0 Å². The van der Waals surface area contributed by atoms with Crippen LogP contribution >= 0.6 is 0 Å². The third kappa shape index (κ3) is 3.28. The topological polar surface area (TPSA) is 60.2 Å². The van der Waals surface area contributed by atoms with Gasteiger partial charge < -0.3 is 14.5 Å². The first-order valence-electron chi connectivity index (χ1n) is 8.08. The molecule has 0 atom stereocenters. The highest BCUT2D eigenvalue weighted by atomic mass is 16.5. The Morgan fingerprint density at radius 2 is 2.04 bits per heavy atom. The molecule has 1 aliphatic carbocycles. The van der Waals surface area contributed by atoms with Crippen LogP contribution in [0.1, 0.15) is 31.2 Å². The number of ether oxygens (including phenoxy) is 1. The summed E-state index contributed by atoms with van der Waals surface area (Å²) in [5.74, 6) is 0.703. The molecule has 23 heavy (non-hydrogen) atoms. The van der Waals surface area contributed by atoms with E-state index in [0.29, 0.717) is 24.5 Å². The molecule has 3 aromatic rings. The molecule has 0 aliphatic heterocycles. The van der Waals surface area contributed by atoms with Crippen LogP contribution in [0.2, 0.25) is 0 Å². The van der Waals surface area contributed by atoms with Crippen LogP contribution in [0.4, 0.5) is 6.01 Å². The minimum atomic E-state index is 0.322. The molecule has 2 aromatic heterocycles. The first-order chi connectivity index (χ1) is 11.4. The number of oxazole rings is 1. The molecule has 0 unspecified atom stereocenters. The van der Waals surface area contributed by atoms with Crippen molar-refractivity contribution in [3.8, 4) is 5.88 Å². The SMILES string of the molecule is c1ccc2oc(NCc3ccnc(OC4CCCC4)c3)nc2c1. The summed E-state index contributed by atoms with van der Waals surface area (Å²) in [6.07, 6.45) is 6.88. The van der Waals surface area contributed by atoms with Gasteiger partial charge in [0.25, 0.3) is 6.01 Å². The van der Waals surface area contributed by atoms with E-state index in [1.54, 1.807) is 6.20 Å². The number of anilines is 1. The van der Waals surface area contributed by atoms with Crippen LogP contribution in [0.15, 0.2) is 47.0 Å². The van der Waals surface area contributed by atoms with Crippen molar-refractivity contribution in [2.45, 2.75) is 38.3 Å². The lowest BCUT2D eigenvalue weighted by Crippen LogP contribution is -2.12. The van der Waals surface area contributed by atoms with Gasteiger partial charge in [0.15, 0.2) is 5.58 Å². The van der Waals surface area contributed by atoms with Crippen LogP contribution in [-0.2, 0) is 6.54 Å². The molecule has 118 valence electrons. The number of pyridine rings is 1. The van der Waals surface area contributed by atoms with E-state index in [4.69, 9.17) is 9.15 Å². The molecule has 1 aliphatic rings. The quantitative estimate of drug-likeness (QED) is 0.767. The Hall–Kier alpha value is -2.56. The maximum atomic E-state index is 5.94. The molecule has 0 radical (unpaired) electrons. The molecule has 1 fully saturated rings. The molecule has 1 aromatic carbocycles. The summed E-state index contributed by atoms with van der Waals surface area (Å²) >= 11 is 0. The van der Waals surface area contributed by atoms with Gasteiger partial charge in [-0.3, -0.25) is 0 Å². The van der Waals surface area contributed by atoms with Crippen LogP contribution in [-0.4, -0.2) is 16.1 Å². The summed E-state index contributed by atoms with van der Waals surface area (Å²) in [7, 11) is 0.